The zero-order valence-electron chi connectivity index (χ0n) is 17.7. The Balaban J connectivity index is 1.76. The first-order valence-electron chi connectivity index (χ1n) is 10.6. The molecule has 3 aromatic rings. The Labute approximate surface area is 187 Å². The maximum atomic E-state index is 11.8. The van der Waals surface area contributed by atoms with Crippen LogP contribution in [0.4, 0.5) is 0 Å². The fraction of sp³-hybridized carbons (Fsp3) is 0.333. The molecular formula is C24H26ClN5O. The van der Waals surface area contributed by atoms with Gasteiger partial charge in [0, 0.05) is 43.6 Å². The van der Waals surface area contributed by atoms with Crippen LogP contribution in [0.25, 0.3) is 11.6 Å². The minimum Gasteiger partial charge on any atom is -0.379 e. The summed E-state index contributed by atoms with van der Waals surface area (Å²) in [5.41, 5.74) is 4.06. The van der Waals surface area contributed by atoms with Crippen LogP contribution in [0.2, 0.25) is 5.02 Å². The number of benzene rings is 1. The van der Waals surface area contributed by atoms with E-state index in [2.05, 4.69) is 32.3 Å². The number of piperazine rings is 1. The van der Waals surface area contributed by atoms with Gasteiger partial charge in [-0.2, -0.15) is 0 Å². The highest BCUT2D eigenvalue weighted by Gasteiger charge is 2.38. The fourth-order valence-electron chi connectivity index (χ4n) is 4.68. The maximum Gasteiger partial charge on any atom is 0.131 e. The molecule has 31 heavy (non-hydrogen) atoms. The van der Waals surface area contributed by atoms with E-state index in [-0.39, 0.29) is 6.04 Å². The van der Waals surface area contributed by atoms with Gasteiger partial charge < -0.3 is 15.4 Å². The molecule has 1 saturated heterocycles. The first-order chi connectivity index (χ1) is 14.9. The molecule has 1 fully saturated rings. The topological polar surface area (TPSA) is 77.1 Å². The number of H-pyrrole nitrogens is 1. The minimum atomic E-state index is -1.31. The quantitative estimate of drug-likeness (QED) is 0.586. The summed E-state index contributed by atoms with van der Waals surface area (Å²) in [4.78, 5) is 14.9. The predicted octanol–water partition coefficient (Wildman–Crippen LogP) is 3.52. The number of nitrogens with one attached hydrogen (secondary N) is 2. The van der Waals surface area contributed by atoms with E-state index in [0.29, 0.717) is 10.7 Å². The van der Waals surface area contributed by atoms with Crippen LogP contribution in [0, 0.1) is 6.92 Å². The smallest absolute Gasteiger partial charge is 0.131 e. The number of halogens is 1. The molecule has 6 nitrogen and oxygen atoms in total. The molecule has 2 atom stereocenters. The summed E-state index contributed by atoms with van der Waals surface area (Å²) < 4.78 is 0. The van der Waals surface area contributed by atoms with Crippen molar-refractivity contribution in [2.45, 2.75) is 25.5 Å². The standard InChI is InChI=1S/C24H26ClN5O/c1-15-28-14-21(29-15)24(2,31)20-12-16-4-3-7-27-22(16)23(30-10-8-26-9-11-30)18-6-5-17(25)13-19(18)20/h3-7,12-14,23,26,31H,8-11H2,1-2H3,(H,28,29)/t23-,24?/m0/s1. The summed E-state index contributed by atoms with van der Waals surface area (Å²) in [6.07, 6.45) is 5.66. The van der Waals surface area contributed by atoms with Crippen molar-refractivity contribution in [3.63, 3.8) is 0 Å². The largest absolute Gasteiger partial charge is 0.379 e. The Morgan fingerprint density at radius 3 is 2.77 bits per heavy atom. The highest BCUT2D eigenvalue weighted by molar-refractivity contribution is 6.30. The second-order valence-corrected chi connectivity index (χ2v) is 8.84. The average Bonchev–Trinajstić information content (AvgIpc) is 3.16. The second-order valence-electron chi connectivity index (χ2n) is 8.40. The normalized spacial score (nSPS) is 20.9. The Morgan fingerprint density at radius 1 is 1.23 bits per heavy atom. The molecule has 1 unspecified atom stereocenters. The van der Waals surface area contributed by atoms with E-state index in [1.54, 1.807) is 13.1 Å². The lowest BCUT2D eigenvalue weighted by molar-refractivity contribution is 0.118. The van der Waals surface area contributed by atoms with E-state index in [0.717, 1.165) is 60.0 Å². The number of aliphatic hydroxyl groups is 1. The molecule has 1 aliphatic heterocycles. The number of nitrogens with zero attached hydrogens (tertiary/aromatic N) is 3. The molecular weight excluding hydrogens is 410 g/mol. The van der Waals surface area contributed by atoms with Gasteiger partial charge in [-0.3, -0.25) is 9.88 Å². The van der Waals surface area contributed by atoms with Crippen LogP contribution < -0.4 is 5.32 Å². The monoisotopic (exact) mass is 435 g/mol. The van der Waals surface area contributed by atoms with Crippen molar-refractivity contribution >= 4 is 23.3 Å². The summed E-state index contributed by atoms with van der Waals surface area (Å²) in [5, 5.41) is 15.8. The zero-order valence-corrected chi connectivity index (χ0v) is 18.4. The molecule has 2 aliphatic rings. The van der Waals surface area contributed by atoms with E-state index < -0.39 is 5.60 Å². The van der Waals surface area contributed by atoms with Crippen molar-refractivity contribution in [2.24, 2.45) is 0 Å². The van der Waals surface area contributed by atoms with Gasteiger partial charge in [-0.05, 0) is 60.4 Å². The van der Waals surface area contributed by atoms with Crippen molar-refractivity contribution in [2.75, 3.05) is 26.2 Å². The lowest BCUT2D eigenvalue weighted by Crippen LogP contribution is -2.45. The lowest BCUT2D eigenvalue weighted by atomic mass is 9.84. The summed E-state index contributed by atoms with van der Waals surface area (Å²) in [7, 11) is 0. The Hall–Kier alpha value is -2.51. The van der Waals surface area contributed by atoms with Crippen molar-refractivity contribution in [1.82, 2.24) is 25.2 Å². The Morgan fingerprint density at radius 2 is 2.03 bits per heavy atom. The van der Waals surface area contributed by atoms with E-state index >= 15 is 0 Å². The molecule has 0 saturated carbocycles. The lowest BCUT2D eigenvalue weighted by Gasteiger charge is -2.36. The molecule has 0 radical (unpaired) electrons. The van der Waals surface area contributed by atoms with Gasteiger partial charge >= 0.3 is 0 Å². The number of aryl methyl sites for hydroxylation is 1. The number of pyridine rings is 1. The predicted molar refractivity (Wildman–Crippen MR) is 123 cm³/mol. The van der Waals surface area contributed by atoms with E-state index in [4.69, 9.17) is 16.6 Å². The van der Waals surface area contributed by atoms with Crippen molar-refractivity contribution < 1.29 is 5.11 Å². The molecule has 1 aliphatic carbocycles. The maximum absolute atomic E-state index is 11.8. The molecule has 3 heterocycles. The van der Waals surface area contributed by atoms with Crippen molar-refractivity contribution in [3.05, 3.63) is 81.7 Å². The summed E-state index contributed by atoms with van der Waals surface area (Å²) in [6, 6.07) is 9.95. The van der Waals surface area contributed by atoms with Gasteiger partial charge in [-0.15, -0.1) is 0 Å². The first-order valence-corrected chi connectivity index (χ1v) is 11.0. The van der Waals surface area contributed by atoms with Gasteiger partial charge in [0.25, 0.3) is 0 Å². The fourth-order valence-corrected chi connectivity index (χ4v) is 4.85. The van der Waals surface area contributed by atoms with Gasteiger partial charge in [0.2, 0.25) is 0 Å². The van der Waals surface area contributed by atoms with E-state index in [9.17, 15) is 5.11 Å². The van der Waals surface area contributed by atoms with Crippen LogP contribution in [0.1, 0.15) is 46.9 Å². The number of hydrogen-bond acceptors (Lipinski definition) is 5. The van der Waals surface area contributed by atoms with Crippen LogP contribution >= 0.6 is 11.6 Å². The molecule has 3 N–H and O–H groups in total. The zero-order chi connectivity index (χ0) is 21.6. The second kappa shape index (κ2) is 7.88. The average molecular weight is 436 g/mol. The van der Waals surface area contributed by atoms with Crippen LogP contribution in [-0.4, -0.2) is 51.1 Å². The molecule has 2 aromatic heterocycles. The molecule has 0 amide bonds. The molecule has 160 valence electrons. The third-order valence-electron chi connectivity index (χ3n) is 6.28. The summed E-state index contributed by atoms with van der Waals surface area (Å²) in [5.74, 6) is 0.761. The Kier molecular flexibility index (Phi) is 5.18. The van der Waals surface area contributed by atoms with E-state index in [1.807, 2.05) is 37.4 Å². The van der Waals surface area contributed by atoms with Crippen molar-refractivity contribution in [1.29, 1.82) is 0 Å². The highest BCUT2D eigenvalue weighted by atomic mass is 35.5. The van der Waals surface area contributed by atoms with Crippen molar-refractivity contribution in [3.8, 4) is 0 Å². The van der Waals surface area contributed by atoms with Gasteiger partial charge in [-0.1, -0.05) is 23.7 Å². The molecule has 1 aromatic carbocycles. The highest BCUT2D eigenvalue weighted by Crippen LogP contribution is 2.45. The first kappa shape index (κ1) is 20.4. The molecule has 7 heteroatoms. The number of aromatic amines is 1. The number of aromatic nitrogens is 3. The third-order valence-corrected chi connectivity index (χ3v) is 6.51. The van der Waals surface area contributed by atoms with E-state index in [1.165, 1.54) is 0 Å². The number of rotatable bonds is 3. The van der Waals surface area contributed by atoms with Crippen LogP contribution in [0.15, 0.2) is 42.7 Å². The number of imidazole rings is 1. The molecule has 5 rings (SSSR count). The number of fused-ring (bicyclic) bond motifs is 2. The van der Waals surface area contributed by atoms with Crippen LogP contribution in [-0.2, 0) is 5.60 Å². The third kappa shape index (κ3) is 3.59. The summed E-state index contributed by atoms with van der Waals surface area (Å²) >= 11 is 6.47. The van der Waals surface area contributed by atoms with Gasteiger partial charge in [0.15, 0.2) is 0 Å². The summed E-state index contributed by atoms with van der Waals surface area (Å²) in [6.45, 7) is 7.39. The van der Waals surface area contributed by atoms with Crippen LogP contribution in [0.3, 0.4) is 0 Å². The Bertz CT molecular complexity index is 1150. The molecule has 0 spiro atoms. The van der Waals surface area contributed by atoms with Gasteiger partial charge in [0.1, 0.15) is 11.4 Å². The molecule has 0 bridgehead atoms. The SMILES string of the molecule is Cc1nc(C(C)(O)C2=Cc3cccnc3[C@@H](N3CCNCC3)c3ccc(Cl)cc32)c[nH]1. The minimum absolute atomic E-state index is 0.0176. The van der Waals surface area contributed by atoms with Crippen LogP contribution in [0.5, 0.6) is 0 Å². The van der Waals surface area contributed by atoms with Gasteiger partial charge in [0.05, 0.1) is 17.4 Å². The van der Waals surface area contributed by atoms with Gasteiger partial charge in [-0.25, -0.2) is 4.98 Å². The number of hydrogen-bond donors (Lipinski definition) is 3.